The van der Waals surface area contributed by atoms with E-state index >= 15 is 0 Å². The van der Waals surface area contributed by atoms with Crippen LogP contribution in [-0.2, 0) is 21.2 Å². The molecule has 0 radical (unpaired) electrons. The average Bonchev–Trinajstić information content (AvgIpc) is 3.27. The van der Waals surface area contributed by atoms with E-state index in [0.29, 0.717) is 23.1 Å². The quantitative estimate of drug-likeness (QED) is 0.541. The van der Waals surface area contributed by atoms with Crippen molar-refractivity contribution in [2.45, 2.75) is 17.7 Å². The van der Waals surface area contributed by atoms with Crippen LogP contribution < -0.4 is 0 Å². The fourth-order valence-electron chi connectivity index (χ4n) is 3.52. The molecule has 4 rings (SSSR count). The molecule has 3 aromatic rings. The lowest BCUT2D eigenvalue weighted by Gasteiger charge is -2.34. The van der Waals surface area contributed by atoms with Crippen molar-refractivity contribution >= 4 is 27.5 Å². The molecule has 0 atom stereocenters. The number of hydrogen-bond donors (Lipinski definition) is 0. The standard InChI is InChI=1S/C22H21ClFN3O4S/c23-19-4-2-1-3-18(19)20-15-25-21(31-20)9-10-22(28)26-11-13-27(14-12-26)32(29,30)17-7-5-16(24)6-8-17/h1-8,15H,9-14H2. The van der Waals surface area contributed by atoms with Crippen LogP contribution >= 0.6 is 11.6 Å². The molecule has 168 valence electrons. The van der Waals surface area contributed by atoms with Crippen LogP contribution in [-0.4, -0.2) is 54.7 Å². The first-order valence-electron chi connectivity index (χ1n) is 10.1. The van der Waals surface area contributed by atoms with Crippen molar-refractivity contribution < 1.29 is 22.0 Å². The molecular formula is C22H21ClFN3O4S. The maximum absolute atomic E-state index is 13.1. The summed E-state index contributed by atoms with van der Waals surface area (Å²) in [6.07, 6.45) is 2.12. The number of carbonyl (C=O) groups is 1. The van der Waals surface area contributed by atoms with E-state index in [-0.39, 0.29) is 43.4 Å². The molecule has 1 saturated heterocycles. The normalized spacial score (nSPS) is 15.1. The molecule has 7 nitrogen and oxygen atoms in total. The number of aromatic nitrogens is 1. The first-order chi connectivity index (χ1) is 15.3. The second-order valence-corrected chi connectivity index (χ2v) is 9.68. The first kappa shape index (κ1) is 22.4. The minimum atomic E-state index is -3.72. The van der Waals surface area contributed by atoms with E-state index in [1.807, 2.05) is 18.2 Å². The highest BCUT2D eigenvalue weighted by atomic mass is 35.5. The van der Waals surface area contributed by atoms with Crippen LogP contribution in [0.3, 0.4) is 0 Å². The summed E-state index contributed by atoms with van der Waals surface area (Å²) < 4.78 is 45.5. The van der Waals surface area contributed by atoms with Gasteiger partial charge in [0, 0.05) is 44.6 Å². The fraction of sp³-hybridized carbons (Fsp3) is 0.273. The van der Waals surface area contributed by atoms with Gasteiger partial charge in [0.05, 0.1) is 16.1 Å². The van der Waals surface area contributed by atoms with Gasteiger partial charge in [-0.25, -0.2) is 17.8 Å². The summed E-state index contributed by atoms with van der Waals surface area (Å²) in [5.74, 6) is 0.383. The SMILES string of the molecule is O=C(CCc1ncc(-c2ccccc2Cl)o1)N1CCN(S(=O)(=O)c2ccc(F)cc2)CC1. The van der Waals surface area contributed by atoms with E-state index in [4.69, 9.17) is 16.0 Å². The first-order valence-corrected chi connectivity index (χ1v) is 11.9. The number of aryl methyl sites for hydroxylation is 1. The molecule has 1 aliphatic heterocycles. The van der Waals surface area contributed by atoms with E-state index < -0.39 is 15.8 Å². The molecule has 0 unspecified atom stereocenters. The maximum Gasteiger partial charge on any atom is 0.243 e. The second kappa shape index (κ2) is 9.40. The fourth-order valence-corrected chi connectivity index (χ4v) is 5.17. The van der Waals surface area contributed by atoms with Gasteiger partial charge < -0.3 is 9.32 Å². The predicted molar refractivity (Wildman–Crippen MR) is 117 cm³/mol. The van der Waals surface area contributed by atoms with E-state index in [0.717, 1.165) is 17.7 Å². The second-order valence-electron chi connectivity index (χ2n) is 7.34. The van der Waals surface area contributed by atoms with E-state index in [9.17, 15) is 17.6 Å². The van der Waals surface area contributed by atoms with Crippen molar-refractivity contribution in [1.82, 2.24) is 14.2 Å². The van der Waals surface area contributed by atoms with Crippen LogP contribution in [0, 0.1) is 5.82 Å². The van der Waals surface area contributed by atoms with Gasteiger partial charge in [-0.1, -0.05) is 23.7 Å². The molecule has 10 heteroatoms. The Kier molecular flexibility index (Phi) is 6.59. The molecule has 0 N–H and O–H groups in total. The summed E-state index contributed by atoms with van der Waals surface area (Å²) >= 11 is 6.17. The van der Waals surface area contributed by atoms with Crippen molar-refractivity contribution in [2.75, 3.05) is 26.2 Å². The Labute approximate surface area is 190 Å². The highest BCUT2D eigenvalue weighted by Crippen LogP contribution is 2.28. The Hall–Kier alpha value is -2.75. The summed E-state index contributed by atoms with van der Waals surface area (Å²) in [6, 6.07) is 12.0. The van der Waals surface area contributed by atoms with Gasteiger partial charge in [-0.15, -0.1) is 0 Å². The van der Waals surface area contributed by atoms with E-state index in [1.54, 1.807) is 17.2 Å². The minimum Gasteiger partial charge on any atom is -0.441 e. The third-order valence-corrected chi connectivity index (χ3v) is 7.53. The van der Waals surface area contributed by atoms with Crippen molar-refractivity contribution in [3.8, 4) is 11.3 Å². The van der Waals surface area contributed by atoms with Gasteiger partial charge in [-0.2, -0.15) is 4.31 Å². The molecule has 0 aliphatic carbocycles. The van der Waals surface area contributed by atoms with Gasteiger partial charge in [0.1, 0.15) is 5.82 Å². The van der Waals surface area contributed by atoms with Crippen LogP contribution in [0.25, 0.3) is 11.3 Å². The lowest BCUT2D eigenvalue weighted by Crippen LogP contribution is -2.50. The molecular weight excluding hydrogens is 457 g/mol. The largest absolute Gasteiger partial charge is 0.441 e. The highest BCUT2D eigenvalue weighted by Gasteiger charge is 2.30. The third-order valence-electron chi connectivity index (χ3n) is 5.29. The molecule has 2 heterocycles. The van der Waals surface area contributed by atoms with Crippen LogP contribution in [0.4, 0.5) is 4.39 Å². The molecule has 1 aliphatic rings. The molecule has 1 aromatic heterocycles. The van der Waals surface area contributed by atoms with Gasteiger partial charge in [0.15, 0.2) is 11.7 Å². The van der Waals surface area contributed by atoms with E-state index in [2.05, 4.69) is 4.98 Å². The molecule has 0 saturated carbocycles. The highest BCUT2D eigenvalue weighted by molar-refractivity contribution is 7.89. The number of amides is 1. The van der Waals surface area contributed by atoms with Gasteiger partial charge in [-0.3, -0.25) is 4.79 Å². The van der Waals surface area contributed by atoms with Crippen molar-refractivity contribution in [3.63, 3.8) is 0 Å². The van der Waals surface area contributed by atoms with Crippen LogP contribution in [0.2, 0.25) is 5.02 Å². The maximum atomic E-state index is 13.1. The summed E-state index contributed by atoms with van der Waals surface area (Å²) in [5, 5.41) is 0.555. The number of halogens is 2. The number of oxazole rings is 1. The molecule has 32 heavy (non-hydrogen) atoms. The Bertz CT molecular complexity index is 1210. The monoisotopic (exact) mass is 477 g/mol. The number of nitrogens with zero attached hydrogens (tertiary/aromatic N) is 3. The Morgan fingerprint density at radius 3 is 2.44 bits per heavy atom. The molecule has 0 bridgehead atoms. The smallest absolute Gasteiger partial charge is 0.243 e. The summed E-state index contributed by atoms with van der Waals surface area (Å²) in [6.45, 7) is 0.938. The zero-order valence-electron chi connectivity index (χ0n) is 17.1. The van der Waals surface area contributed by atoms with Crippen molar-refractivity contribution in [2.24, 2.45) is 0 Å². The number of benzene rings is 2. The number of rotatable bonds is 6. The molecule has 2 aromatic carbocycles. The molecule has 1 fully saturated rings. The Balaban J connectivity index is 1.31. The number of hydrogen-bond acceptors (Lipinski definition) is 5. The van der Waals surface area contributed by atoms with Gasteiger partial charge >= 0.3 is 0 Å². The zero-order chi connectivity index (χ0) is 22.7. The summed E-state index contributed by atoms with van der Waals surface area (Å²) in [5.41, 5.74) is 0.734. The summed E-state index contributed by atoms with van der Waals surface area (Å²) in [4.78, 5) is 18.5. The van der Waals surface area contributed by atoms with Gasteiger partial charge in [0.25, 0.3) is 0 Å². The summed E-state index contributed by atoms with van der Waals surface area (Å²) in [7, 11) is -3.72. The lowest BCUT2D eigenvalue weighted by atomic mass is 10.2. The van der Waals surface area contributed by atoms with Crippen molar-refractivity contribution in [1.29, 1.82) is 0 Å². The Morgan fingerprint density at radius 1 is 1.06 bits per heavy atom. The molecule has 0 spiro atoms. The average molecular weight is 478 g/mol. The third kappa shape index (κ3) is 4.85. The molecule has 1 amide bonds. The van der Waals surface area contributed by atoms with E-state index in [1.165, 1.54) is 16.4 Å². The number of carbonyl (C=O) groups excluding carboxylic acids is 1. The van der Waals surface area contributed by atoms with Crippen molar-refractivity contribution in [3.05, 3.63) is 71.5 Å². The van der Waals surface area contributed by atoms with Crippen LogP contribution in [0.5, 0.6) is 0 Å². The Morgan fingerprint density at radius 2 is 1.75 bits per heavy atom. The van der Waals surface area contributed by atoms with Gasteiger partial charge in [0.2, 0.25) is 15.9 Å². The topological polar surface area (TPSA) is 83.7 Å². The zero-order valence-corrected chi connectivity index (χ0v) is 18.7. The number of sulfonamides is 1. The minimum absolute atomic E-state index is 0.0388. The van der Waals surface area contributed by atoms with Crippen LogP contribution in [0.15, 0.2) is 64.0 Å². The predicted octanol–water partition coefficient (Wildman–Crippen LogP) is 3.60. The van der Waals surface area contributed by atoms with Gasteiger partial charge in [-0.05, 0) is 36.4 Å². The van der Waals surface area contributed by atoms with Crippen LogP contribution in [0.1, 0.15) is 12.3 Å². The number of piperazine rings is 1. The lowest BCUT2D eigenvalue weighted by molar-refractivity contribution is -0.132.